The Bertz CT molecular complexity index is 606. The minimum atomic E-state index is 0.671. The van der Waals surface area contributed by atoms with E-state index < -0.39 is 0 Å². The summed E-state index contributed by atoms with van der Waals surface area (Å²) < 4.78 is 5.49. The first-order chi connectivity index (χ1) is 9.08. The van der Waals surface area contributed by atoms with Crippen molar-refractivity contribution in [1.82, 2.24) is 0 Å². The summed E-state index contributed by atoms with van der Waals surface area (Å²) in [5.74, 6) is 0.826. The number of rotatable bonds is 3. The van der Waals surface area contributed by atoms with Crippen LogP contribution in [0.2, 0.25) is 10.0 Å². The SMILES string of the molecule is CCc1c(C)ccc(OC)c1-c1cc(Cl)ccc1Cl. The van der Waals surface area contributed by atoms with Gasteiger partial charge in [-0.05, 0) is 48.7 Å². The van der Waals surface area contributed by atoms with E-state index in [9.17, 15) is 0 Å². The highest BCUT2D eigenvalue weighted by molar-refractivity contribution is 6.35. The van der Waals surface area contributed by atoms with Crippen LogP contribution in [0.5, 0.6) is 5.75 Å². The van der Waals surface area contributed by atoms with Gasteiger partial charge in [0.2, 0.25) is 0 Å². The van der Waals surface area contributed by atoms with Crippen molar-refractivity contribution in [2.75, 3.05) is 7.11 Å². The van der Waals surface area contributed by atoms with E-state index in [0.29, 0.717) is 10.0 Å². The Balaban J connectivity index is 2.79. The van der Waals surface area contributed by atoms with Crippen molar-refractivity contribution < 1.29 is 4.74 Å². The normalized spacial score (nSPS) is 10.6. The third kappa shape index (κ3) is 2.72. The predicted octanol–water partition coefficient (Wildman–Crippen LogP) is 5.54. The fourth-order valence-corrected chi connectivity index (χ4v) is 2.72. The van der Waals surface area contributed by atoms with Gasteiger partial charge in [-0.1, -0.05) is 36.2 Å². The first-order valence-electron chi connectivity index (χ1n) is 6.20. The molecule has 1 nitrogen and oxygen atoms in total. The average Bonchev–Trinajstić information content (AvgIpc) is 2.41. The van der Waals surface area contributed by atoms with Crippen molar-refractivity contribution >= 4 is 23.2 Å². The maximum absolute atomic E-state index is 6.33. The largest absolute Gasteiger partial charge is 0.496 e. The molecule has 0 radical (unpaired) electrons. The molecule has 0 saturated carbocycles. The number of aryl methyl sites for hydroxylation is 1. The molecular formula is C16H16Cl2O. The van der Waals surface area contributed by atoms with E-state index in [1.165, 1.54) is 11.1 Å². The average molecular weight is 295 g/mol. The molecule has 0 heterocycles. The van der Waals surface area contributed by atoms with Gasteiger partial charge < -0.3 is 4.74 Å². The number of hydrogen-bond donors (Lipinski definition) is 0. The van der Waals surface area contributed by atoms with E-state index in [2.05, 4.69) is 19.9 Å². The van der Waals surface area contributed by atoms with Gasteiger partial charge in [-0.2, -0.15) is 0 Å². The number of halogens is 2. The lowest BCUT2D eigenvalue weighted by molar-refractivity contribution is 0.416. The summed E-state index contributed by atoms with van der Waals surface area (Å²) >= 11 is 12.4. The molecule has 0 atom stereocenters. The molecule has 19 heavy (non-hydrogen) atoms. The lowest BCUT2D eigenvalue weighted by atomic mass is 9.93. The Hall–Kier alpha value is -1.18. The van der Waals surface area contributed by atoms with Gasteiger partial charge in [0.1, 0.15) is 5.75 Å². The van der Waals surface area contributed by atoms with Crippen molar-refractivity contribution in [1.29, 1.82) is 0 Å². The molecule has 3 heteroatoms. The fourth-order valence-electron chi connectivity index (χ4n) is 2.34. The lowest BCUT2D eigenvalue weighted by Crippen LogP contribution is -1.97. The molecule has 0 saturated heterocycles. The Morgan fingerprint density at radius 3 is 2.47 bits per heavy atom. The third-order valence-corrected chi connectivity index (χ3v) is 3.84. The van der Waals surface area contributed by atoms with E-state index in [4.69, 9.17) is 27.9 Å². The van der Waals surface area contributed by atoms with Crippen LogP contribution >= 0.6 is 23.2 Å². The molecule has 0 N–H and O–H groups in total. The Morgan fingerprint density at radius 2 is 1.84 bits per heavy atom. The van der Waals surface area contributed by atoms with Crippen molar-refractivity contribution in [3.8, 4) is 16.9 Å². The minimum Gasteiger partial charge on any atom is -0.496 e. The second kappa shape index (κ2) is 5.85. The van der Waals surface area contributed by atoms with Crippen LogP contribution in [0.1, 0.15) is 18.1 Å². The number of methoxy groups -OCH3 is 1. The molecule has 0 amide bonds. The maximum atomic E-state index is 6.33. The van der Waals surface area contributed by atoms with Gasteiger partial charge in [0.25, 0.3) is 0 Å². The lowest BCUT2D eigenvalue weighted by Gasteiger charge is -2.17. The van der Waals surface area contributed by atoms with Crippen LogP contribution in [0.3, 0.4) is 0 Å². The van der Waals surface area contributed by atoms with Gasteiger partial charge in [0.15, 0.2) is 0 Å². The molecule has 0 bridgehead atoms. The van der Waals surface area contributed by atoms with Gasteiger partial charge in [-0.3, -0.25) is 0 Å². The standard InChI is InChI=1S/C16H16Cl2O/c1-4-12-10(2)5-8-15(19-3)16(12)13-9-11(17)6-7-14(13)18/h5-9H,4H2,1-3H3. The summed E-state index contributed by atoms with van der Waals surface area (Å²) in [6.45, 7) is 4.23. The molecule has 0 aromatic heterocycles. The monoisotopic (exact) mass is 294 g/mol. The topological polar surface area (TPSA) is 9.23 Å². The van der Waals surface area contributed by atoms with Crippen molar-refractivity contribution in [3.63, 3.8) is 0 Å². The minimum absolute atomic E-state index is 0.671. The van der Waals surface area contributed by atoms with Gasteiger partial charge >= 0.3 is 0 Å². The summed E-state index contributed by atoms with van der Waals surface area (Å²) in [6.07, 6.45) is 0.918. The molecule has 0 fully saturated rings. The predicted molar refractivity (Wildman–Crippen MR) is 82.6 cm³/mol. The summed E-state index contributed by atoms with van der Waals surface area (Å²) in [4.78, 5) is 0. The van der Waals surface area contributed by atoms with Crippen molar-refractivity contribution in [3.05, 3.63) is 51.5 Å². The summed E-state index contributed by atoms with van der Waals surface area (Å²) in [5.41, 5.74) is 4.43. The van der Waals surface area contributed by atoms with Crippen LogP contribution in [0.4, 0.5) is 0 Å². The van der Waals surface area contributed by atoms with E-state index >= 15 is 0 Å². The van der Waals surface area contributed by atoms with Gasteiger partial charge in [0, 0.05) is 21.2 Å². The number of ether oxygens (including phenoxy) is 1. The fraction of sp³-hybridized carbons (Fsp3) is 0.250. The van der Waals surface area contributed by atoms with Crippen molar-refractivity contribution in [2.45, 2.75) is 20.3 Å². The zero-order valence-corrected chi connectivity index (χ0v) is 12.8. The molecule has 0 aliphatic heterocycles. The first kappa shape index (κ1) is 14.2. The second-order valence-electron chi connectivity index (χ2n) is 4.42. The van der Waals surface area contributed by atoms with Gasteiger partial charge in [-0.15, -0.1) is 0 Å². The molecule has 2 rings (SSSR count). The quantitative estimate of drug-likeness (QED) is 0.722. The molecule has 0 spiro atoms. The second-order valence-corrected chi connectivity index (χ2v) is 5.26. The summed E-state index contributed by atoms with van der Waals surface area (Å²) in [6, 6.07) is 9.54. The third-order valence-electron chi connectivity index (χ3n) is 3.28. The summed E-state index contributed by atoms with van der Waals surface area (Å²) in [7, 11) is 1.67. The van der Waals surface area contributed by atoms with Crippen molar-refractivity contribution in [2.24, 2.45) is 0 Å². The zero-order valence-electron chi connectivity index (χ0n) is 11.3. The van der Waals surface area contributed by atoms with E-state index in [1.807, 2.05) is 18.2 Å². The Labute approximate surface area is 124 Å². The van der Waals surface area contributed by atoms with Crippen LogP contribution in [0.25, 0.3) is 11.1 Å². The van der Waals surface area contributed by atoms with Crippen LogP contribution in [0, 0.1) is 6.92 Å². The zero-order chi connectivity index (χ0) is 14.0. The Kier molecular flexibility index (Phi) is 4.38. The number of benzene rings is 2. The summed E-state index contributed by atoms with van der Waals surface area (Å²) in [5, 5.41) is 1.35. The van der Waals surface area contributed by atoms with Gasteiger partial charge in [-0.25, -0.2) is 0 Å². The maximum Gasteiger partial charge on any atom is 0.127 e. The van der Waals surface area contributed by atoms with Crippen LogP contribution < -0.4 is 4.74 Å². The molecular weight excluding hydrogens is 279 g/mol. The molecule has 100 valence electrons. The van der Waals surface area contributed by atoms with E-state index in [0.717, 1.165) is 23.3 Å². The van der Waals surface area contributed by atoms with Crippen LogP contribution in [-0.2, 0) is 6.42 Å². The van der Waals surface area contributed by atoms with E-state index in [1.54, 1.807) is 13.2 Å². The Morgan fingerprint density at radius 1 is 1.11 bits per heavy atom. The van der Waals surface area contributed by atoms with Crippen LogP contribution in [0.15, 0.2) is 30.3 Å². The first-order valence-corrected chi connectivity index (χ1v) is 6.96. The molecule has 0 aliphatic rings. The highest BCUT2D eigenvalue weighted by atomic mass is 35.5. The molecule has 0 aliphatic carbocycles. The molecule has 2 aromatic rings. The van der Waals surface area contributed by atoms with Gasteiger partial charge in [0.05, 0.1) is 7.11 Å². The molecule has 0 unspecified atom stereocenters. The highest BCUT2D eigenvalue weighted by Gasteiger charge is 2.15. The highest BCUT2D eigenvalue weighted by Crippen LogP contribution is 2.40. The smallest absolute Gasteiger partial charge is 0.127 e. The number of hydrogen-bond acceptors (Lipinski definition) is 1. The van der Waals surface area contributed by atoms with E-state index in [-0.39, 0.29) is 0 Å². The molecule has 2 aromatic carbocycles. The van der Waals surface area contributed by atoms with Crippen LogP contribution in [-0.4, -0.2) is 7.11 Å².